The van der Waals surface area contributed by atoms with E-state index in [1.807, 2.05) is 12.1 Å². The van der Waals surface area contributed by atoms with Crippen LogP contribution in [0.5, 0.6) is 5.75 Å². The van der Waals surface area contributed by atoms with Gasteiger partial charge in [-0.15, -0.1) is 0 Å². The quantitative estimate of drug-likeness (QED) is 0.612. The topological polar surface area (TPSA) is 103 Å². The average molecular weight is 517 g/mol. The molecule has 0 spiro atoms. The van der Waals surface area contributed by atoms with Crippen molar-refractivity contribution in [2.75, 3.05) is 13.1 Å². The summed E-state index contributed by atoms with van der Waals surface area (Å²) in [6.45, 7) is 1.94. The van der Waals surface area contributed by atoms with Crippen LogP contribution in [-0.2, 0) is 16.1 Å². The highest BCUT2D eigenvalue weighted by Crippen LogP contribution is 2.37. The Morgan fingerprint density at radius 1 is 1.03 bits per heavy atom. The second kappa shape index (κ2) is 9.84. The summed E-state index contributed by atoms with van der Waals surface area (Å²) in [7, 11) is 0. The molecule has 1 saturated carbocycles. The number of ether oxygens (including phenoxy) is 1. The van der Waals surface area contributed by atoms with Gasteiger partial charge in [0, 0.05) is 43.6 Å². The van der Waals surface area contributed by atoms with E-state index in [4.69, 9.17) is 4.74 Å². The number of hydrogen-bond donors (Lipinski definition) is 1. The number of halogens is 1. The maximum atomic E-state index is 13.6. The number of carbonyl (C=O) groups is 3. The van der Waals surface area contributed by atoms with Crippen LogP contribution in [0.25, 0.3) is 0 Å². The van der Waals surface area contributed by atoms with Gasteiger partial charge in [-0.05, 0) is 67.1 Å². The van der Waals surface area contributed by atoms with Crippen molar-refractivity contribution in [3.8, 4) is 11.8 Å². The third-order valence-corrected chi connectivity index (χ3v) is 8.40. The van der Waals surface area contributed by atoms with Gasteiger partial charge in [0.25, 0.3) is 5.91 Å². The fraction of sp³-hybridized carbons (Fsp3) is 0.448. The summed E-state index contributed by atoms with van der Waals surface area (Å²) in [5.74, 6) is -0.388. The molecule has 9 heteroatoms. The van der Waals surface area contributed by atoms with Crippen LogP contribution in [0.2, 0.25) is 0 Å². The van der Waals surface area contributed by atoms with E-state index in [9.17, 15) is 24.0 Å². The fourth-order valence-corrected chi connectivity index (χ4v) is 6.39. The lowest BCUT2D eigenvalue weighted by molar-refractivity contribution is -0.136. The monoisotopic (exact) mass is 516 g/mol. The van der Waals surface area contributed by atoms with Gasteiger partial charge in [-0.25, -0.2) is 4.39 Å². The molecule has 6 rings (SSSR count). The molecule has 2 saturated heterocycles. The van der Waals surface area contributed by atoms with Crippen molar-refractivity contribution in [3.63, 3.8) is 0 Å². The Balaban J connectivity index is 1.12. The highest BCUT2D eigenvalue weighted by molar-refractivity contribution is 6.05. The molecule has 0 unspecified atom stereocenters. The molecule has 0 bridgehead atoms. The lowest BCUT2D eigenvalue weighted by Crippen LogP contribution is -2.57. The SMILES string of the molecule is N#Cc1cc(F)ccc1C1CN([C@H]2CCCC[C@H]2Oc2ccc3c(c2)CN([C@@H]2CCC(=O)NC2=O)C3=O)C1. The first-order chi connectivity index (χ1) is 18.4. The maximum absolute atomic E-state index is 13.6. The number of amides is 3. The van der Waals surface area contributed by atoms with Crippen LogP contribution in [0.15, 0.2) is 36.4 Å². The van der Waals surface area contributed by atoms with E-state index in [1.54, 1.807) is 17.0 Å². The second-order valence-electron chi connectivity index (χ2n) is 10.7. The Labute approximate surface area is 220 Å². The molecule has 2 aromatic carbocycles. The van der Waals surface area contributed by atoms with Gasteiger partial charge in [0.05, 0.1) is 11.6 Å². The number of nitriles is 1. The van der Waals surface area contributed by atoms with Gasteiger partial charge < -0.3 is 9.64 Å². The minimum absolute atomic E-state index is 0.00903. The number of imide groups is 1. The van der Waals surface area contributed by atoms with Crippen molar-refractivity contribution >= 4 is 17.7 Å². The van der Waals surface area contributed by atoms with Gasteiger partial charge in [-0.2, -0.15) is 5.26 Å². The largest absolute Gasteiger partial charge is 0.489 e. The standard InChI is InChI=1S/C29H29FN4O4/c30-20-5-7-22(17(11-20)13-31)19-14-33(15-19)24-3-1-2-4-26(24)38-21-6-8-23-18(12-21)16-34(29(23)37)25-9-10-27(35)32-28(25)36/h5-8,11-12,19,24-26H,1-4,9-10,14-16H2,(H,32,35,36)/t24-,25+,26+/m0/s1. The number of piperidine rings is 1. The molecule has 0 radical (unpaired) electrons. The van der Waals surface area contributed by atoms with Crippen molar-refractivity contribution < 1.29 is 23.5 Å². The van der Waals surface area contributed by atoms with Gasteiger partial charge in [-0.3, -0.25) is 24.6 Å². The summed E-state index contributed by atoms with van der Waals surface area (Å²) in [6, 6.07) is 11.7. The molecule has 38 heavy (non-hydrogen) atoms. The molecule has 3 atom stereocenters. The molecule has 0 aromatic heterocycles. The zero-order valence-electron chi connectivity index (χ0n) is 21.0. The van der Waals surface area contributed by atoms with E-state index >= 15 is 0 Å². The minimum atomic E-state index is -0.637. The van der Waals surface area contributed by atoms with Crippen LogP contribution in [0.3, 0.4) is 0 Å². The van der Waals surface area contributed by atoms with E-state index in [2.05, 4.69) is 16.3 Å². The van der Waals surface area contributed by atoms with Crippen molar-refractivity contribution in [1.82, 2.24) is 15.1 Å². The number of likely N-dealkylation sites (tertiary alicyclic amines) is 1. The predicted octanol–water partition coefficient (Wildman–Crippen LogP) is 3.25. The molecular formula is C29H29FN4O4. The highest BCUT2D eigenvalue weighted by Gasteiger charge is 2.41. The van der Waals surface area contributed by atoms with Crippen LogP contribution in [0.1, 0.15) is 71.5 Å². The van der Waals surface area contributed by atoms with Crippen LogP contribution in [0.4, 0.5) is 4.39 Å². The summed E-state index contributed by atoms with van der Waals surface area (Å²) in [6.07, 6.45) is 4.75. The molecular weight excluding hydrogens is 487 g/mol. The van der Waals surface area contributed by atoms with E-state index in [0.717, 1.165) is 49.9 Å². The van der Waals surface area contributed by atoms with Crippen LogP contribution in [-0.4, -0.2) is 58.8 Å². The molecule has 1 aliphatic carbocycles. The van der Waals surface area contributed by atoms with Gasteiger partial charge >= 0.3 is 0 Å². The molecule has 1 N–H and O–H groups in total. The zero-order valence-corrected chi connectivity index (χ0v) is 21.0. The van der Waals surface area contributed by atoms with E-state index in [1.165, 1.54) is 12.1 Å². The molecule has 8 nitrogen and oxygen atoms in total. The van der Waals surface area contributed by atoms with Gasteiger partial charge in [0.15, 0.2) is 0 Å². The normalized spacial score (nSPS) is 25.9. The molecule has 2 aromatic rings. The van der Waals surface area contributed by atoms with E-state index in [-0.39, 0.29) is 36.3 Å². The summed E-state index contributed by atoms with van der Waals surface area (Å²) >= 11 is 0. The predicted molar refractivity (Wildman–Crippen MR) is 135 cm³/mol. The number of nitrogens with zero attached hydrogens (tertiary/aromatic N) is 3. The number of fused-ring (bicyclic) bond motifs is 1. The zero-order chi connectivity index (χ0) is 26.4. The minimum Gasteiger partial charge on any atom is -0.489 e. The first-order valence-electron chi connectivity index (χ1n) is 13.3. The summed E-state index contributed by atoms with van der Waals surface area (Å²) in [5.41, 5.74) is 2.71. The Kier molecular flexibility index (Phi) is 6.36. The smallest absolute Gasteiger partial charge is 0.255 e. The third kappa shape index (κ3) is 4.43. The molecule has 3 amide bonds. The van der Waals surface area contributed by atoms with Gasteiger partial charge in [-0.1, -0.05) is 12.5 Å². The number of benzene rings is 2. The van der Waals surface area contributed by atoms with Crippen LogP contribution < -0.4 is 10.1 Å². The Bertz CT molecular complexity index is 1350. The molecule has 3 heterocycles. The first kappa shape index (κ1) is 24.6. The Hall–Kier alpha value is -3.77. The number of nitrogens with one attached hydrogen (secondary N) is 1. The van der Waals surface area contributed by atoms with E-state index < -0.39 is 17.8 Å². The summed E-state index contributed by atoms with van der Waals surface area (Å²) in [4.78, 5) is 40.8. The fourth-order valence-electron chi connectivity index (χ4n) is 6.39. The molecule has 4 aliphatic rings. The lowest BCUT2D eigenvalue weighted by Gasteiger charge is -2.48. The summed E-state index contributed by atoms with van der Waals surface area (Å²) < 4.78 is 20.1. The lowest BCUT2D eigenvalue weighted by atomic mass is 9.83. The number of carbonyl (C=O) groups excluding carboxylic acids is 3. The number of rotatable bonds is 5. The van der Waals surface area contributed by atoms with Gasteiger partial charge in [0.1, 0.15) is 23.7 Å². The van der Waals surface area contributed by atoms with Crippen molar-refractivity contribution in [2.24, 2.45) is 0 Å². The van der Waals surface area contributed by atoms with E-state index in [0.29, 0.717) is 29.8 Å². The molecule has 196 valence electrons. The second-order valence-corrected chi connectivity index (χ2v) is 10.7. The first-order valence-corrected chi connectivity index (χ1v) is 13.3. The number of hydrogen-bond acceptors (Lipinski definition) is 6. The Morgan fingerprint density at radius 3 is 2.63 bits per heavy atom. The molecule has 3 fully saturated rings. The summed E-state index contributed by atoms with van der Waals surface area (Å²) in [5, 5.41) is 11.8. The van der Waals surface area contributed by atoms with Crippen molar-refractivity contribution in [1.29, 1.82) is 5.26 Å². The maximum Gasteiger partial charge on any atom is 0.255 e. The van der Waals surface area contributed by atoms with Crippen molar-refractivity contribution in [2.45, 2.75) is 69.2 Å². The average Bonchev–Trinajstić information content (AvgIpc) is 3.20. The van der Waals surface area contributed by atoms with Gasteiger partial charge in [0.2, 0.25) is 11.8 Å². The van der Waals surface area contributed by atoms with Crippen LogP contribution in [0, 0.1) is 17.1 Å². The Morgan fingerprint density at radius 2 is 1.84 bits per heavy atom. The van der Waals surface area contributed by atoms with Crippen LogP contribution >= 0.6 is 0 Å². The van der Waals surface area contributed by atoms with Crippen molar-refractivity contribution in [3.05, 3.63) is 64.5 Å². The highest BCUT2D eigenvalue weighted by atomic mass is 19.1. The molecule has 3 aliphatic heterocycles. The third-order valence-electron chi connectivity index (χ3n) is 8.40.